The van der Waals surface area contributed by atoms with Crippen LogP contribution in [-0.4, -0.2) is 29.1 Å². The Balaban J connectivity index is 2.54. The van der Waals surface area contributed by atoms with Crippen LogP contribution in [0.5, 0.6) is 0 Å². The molecule has 3 N–H and O–H groups in total. The number of hydrogen-bond donors (Lipinski definition) is 3. The minimum Gasteiger partial charge on any atom is -0.475 e. The maximum absolute atomic E-state index is 11.8. The molecule has 0 bridgehead atoms. The summed E-state index contributed by atoms with van der Waals surface area (Å²) in [7, 11) is 0. The number of carbonyl (C=O) groups is 2. The second kappa shape index (κ2) is 5.68. The highest BCUT2D eigenvalue weighted by molar-refractivity contribution is 5.85. The van der Waals surface area contributed by atoms with Gasteiger partial charge in [-0.15, -0.1) is 0 Å². The van der Waals surface area contributed by atoms with Crippen molar-refractivity contribution in [1.29, 1.82) is 0 Å². The van der Waals surface area contributed by atoms with Crippen molar-refractivity contribution in [3.05, 3.63) is 23.7 Å². The Bertz CT molecular complexity index is 437. The van der Waals surface area contributed by atoms with Crippen LogP contribution in [0.3, 0.4) is 0 Å². The quantitative estimate of drug-likeness (QED) is 0.704. The molecule has 0 saturated carbocycles. The molecule has 0 unspecified atom stereocenters. The van der Waals surface area contributed by atoms with Crippen LogP contribution in [0.2, 0.25) is 0 Å². The summed E-state index contributed by atoms with van der Waals surface area (Å²) in [6, 6.07) is 2.89. The minimum absolute atomic E-state index is 0.134. The molecular formula is C12H18N2O4. The molecule has 1 rings (SSSR count). The van der Waals surface area contributed by atoms with Crippen molar-refractivity contribution in [2.45, 2.75) is 32.9 Å². The van der Waals surface area contributed by atoms with Crippen molar-refractivity contribution in [3.8, 4) is 0 Å². The van der Waals surface area contributed by atoms with Crippen molar-refractivity contribution < 1.29 is 19.1 Å². The van der Waals surface area contributed by atoms with Gasteiger partial charge in [-0.05, 0) is 32.5 Å². The Labute approximate surface area is 105 Å². The van der Waals surface area contributed by atoms with Gasteiger partial charge in [0.25, 0.3) is 0 Å². The molecular weight excluding hydrogens is 236 g/mol. The lowest BCUT2D eigenvalue weighted by Gasteiger charge is -2.24. The summed E-state index contributed by atoms with van der Waals surface area (Å²) in [5.74, 6) is -1.02. The van der Waals surface area contributed by atoms with Gasteiger partial charge in [0.2, 0.25) is 11.7 Å². The summed E-state index contributed by atoms with van der Waals surface area (Å²) in [6.45, 7) is 6.32. The number of hydrogen-bond acceptors (Lipinski definition) is 4. The predicted octanol–water partition coefficient (Wildman–Crippen LogP) is 0.982. The molecule has 6 nitrogen and oxygen atoms in total. The number of amides is 1. The fraction of sp³-hybridized carbons (Fsp3) is 0.500. The van der Waals surface area contributed by atoms with Crippen LogP contribution >= 0.6 is 0 Å². The number of rotatable bonds is 6. The number of carboxylic acid groups (broad SMARTS) is 1. The zero-order valence-electron chi connectivity index (χ0n) is 10.7. The molecule has 1 amide bonds. The van der Waals surface area contributed by atoms with Gasteiger partial charge in [0, 0.05) is 0 Å². The van der Waals surface area contributed by atoms with E-state index < -0.39 is 11.5 Å². The Kier molecular flexibility index (Phi) is 4.49. The molecule has 0 radical (unpaired) electrons. The highest BCUT2D eigenvalue weighted by Crippen LogP contribution is 2.08. The zero-order valence-corrected chi connectivity index (χ0v) is 10.7. The molecule has 1 heterocycles. The van der Waals surface area contributed by atoms with Crippen LogP contribution in [0.4, 0.5) is 0 Å². The molecule has 0 atom stereocenters. The van der Waals surface area contributed by atoms with Gasteiger partial charge < -0.3 is 20.2 Å². The van der Waals surface area contributed by atoms with Crippen molar-refractivity contribution in [1.82, 2.24) is 10.6 Å². The third kappa shape index (κ3) is 3.59. The summed E-state index contributed by atoms with van der Waals surface area (Å²) >= 11 is 0. The van der Waals surface area contributed by atoms with E-state index in [-0.39, 0.29) is 18.2 Å². The molecule has 0 fully saturated rings. The number of carboxylic acids is 1. The molecule has 1 aromatic heterocycles. The van der Waals surface area contributed by atoms with Gasteiger partial charge in [0.1, 0.15) is 5.76 Å². The normalized spacial score (nSPS) is 11.3. The summed E-state index contributed by atoms with van der Waals surface area (Å²) < 4.78 is 5.03. The van der Waals surface area contributed by atoms with Gasteiger partial charge >= 0.3 is 5.97 Å². The molecule has 6 heteroatoms. The number of aromatic carboxylic acids is 1. The van der Waals surface area contributed by atoms with Gasteiger partial charge in [-0.1, -0.05) is 6.92 Å². The van der Waals surface area contributed by atoms with E-state index in [1.165, 1.54) is 12.1 Å². The molecule has 18 heavy (non-hydrogen) atoms. The van der Waals surface area contributed by atoms with E-state index >= 15 is 0 Å². The predicted molar refractivity (Wildman–Crippen MR) is 65.3 cm³/mol. The maximum atomic E-state index is 11.8. The lowest BCUT2D eigenvalue weighted by molar-refractivity contribution is -0.126. The Morgan fingerprint density at radius 2 is 2.06 bits per heavy atom. The van der Waals surface area contributed by atoms with E-state index in [4.69, 9.17) is 9.52 Å². The average molecular weight is 254 g/mol. The Morgan fingerprint density at radius 1 is 1.39 bits per heavy atom. The fourth-order valence-corrected chi connectivity index (χ4v) is 1.50. The van der Waals surface area contributed by atoms with Crippen LogP contribution < -0.4 is 10.6 Å². The van der Waals surface area contributed by atoms with E-state index in [1.807, 2.05) is 6.92 Å². The molecule has 0 spiro atoms. The lowest BCUT2D eigenvalue weighted by atomic mass is 10.0. The largest absolute Gasteiger partial charge is 0.475 e. The molecule has 0 aromatic carbocycles. The van der Waals surface area contributed by atoms with Crippen LogP contribution in [0.15, 0.2) is 16.5 Å². The number of carbonyl (C=O) groups excluding carboxylic acids is 1. The molecule has 0 aliphatic rings. The van der Waals surface area contributed by atoms with Crippen LogP contribution in [0, 0.1) is 0 Å². The smallest absolute Gasteiger partial charge is 0.371 e. The molecule has 100 valence electrons. The van der Waals surface area contributed by atoms with Gasteiger partial charge in [0.15, 0.2) is 0 Å². The summed E-state index contributed by atoms with van der Waals surface area (Å²) in [4.78, 5) is 22.4. The first-order chi connectivity index (χ1) is 8.36. The van der Waals surface area contributed by atoms with E-state index in [0.717, 1.165) is 0 Å². The van der Waals surface area contributed by atoms with Crippen molar-refractivity contribution in [2.24, 2.45) is 0 Å². The molecule has 1 aromatic rings. The second-order valence-electron chi connectivity index (χ2n) is 4.41. The third-order valence-electron chi connectivity index (χ3n) is 2.48. The second-order valence-corrected chi connectivity index (χ2v) is 4.41. The van der Waals surface area contributed by atoms with Crippen LogP contribution in [-0.2, 0) is 11.3 Å². The zero-order chi connectivity index (χ0) is 13.8. The third-order valence-corrected chi connectivity index (χ3v) is 2.48. The standard InChI is InChI=1S/C12H18N2O4/c1-4-14-12(2,3)11(17)13-7-8-5-6-9(18-8)10(15)16/h5-6,14H,4,7H2,1-3H3,(H,13,17)(H,15,16). The van der Waals surface area contributed by atoms with Gasteiger partial charge in [-0.3, -0.25) is 4.79 Å². The van der Waals surface area contributed by atoms with Crippen molar-refractivity contribution >= 4 is 11.9 Å². The Morgan fingerprint density at radius 3 is 2.56 bits per heavy atom. The van der Waals surface area contributed by atoms with Gasteiger partial charge in [-0.25, -0.2) is 4.79 Å². The van der Waals surface area contributed by atoms with Gasteiger partial charge in [0.05, 0.1) is 12.1 Å². The SMILES string of the molecule is CCNC(C)(C)C(=O)NCc1ccc(C(=O)O)o1. The Hall–Kier alpha value is -1.82. The van der Waals surface area contributed by atoms with E-state index in [0.29, 0.717) is 12.3 Å². The van der Waals surface area contributed by atoms with E-state index in [2.05, 4.69) is 10.6 Å². The molecule has 0 aliphatic carbocycles. The average Bonchev–Trinajstić information content (AvgIpc) is 2.74. The number of likely N-dealkylation sites (N-methyl/N-ethyl adjacent to an activating group) is 1. The summed E-state index contributed by atoms with van der Waals surface area (Å²) in [5.41, 5.74) is -0.670. The first kappa shape index (κ1) is 14.2. The maximum Gasteiger partial charge on any atom is 0.371 e. The monoisotopic (exact) mass is 254 g/mol. The van der Waals surface area contributed by atoms with Crippen molar-refractivity contribution in [2.75, 3.05) is 6.54 Å². The van der Waals surface area contributed by atoms with E-state index in [1.54, 1.807) is 13.8 Å². The molecule has 0 saturated heterocycles. The van der Waals surface area contributed by atoms with Crippen LogP contribution in [0.25, 0.3) is 0 Å². The summed E-state index contributed by atoms with van der Waals surface area (Å²) in [6.07, 6.45) is 0. The topological polar surface area (TPSA) is 91.6 Å². The fourth-order valence-electron chi connectivity index (χ4n) is 1.50. The highest BCUT2D eigenvalue weighted by Gasteiger charge is 2.25. The van der Waals surface area contributed by atoms with Crippen LogP contribution in [0.1, 0.15) is 37.1 Å². The minimum atomic E-state index is -1.12. The highest BCUT2D eigenvalue weighted by atomic mass is 16.4. The van der Waals surface area contributed by atoms with E-state index in [9.17, 15) is 9.59 Å². The number of nitrogens with one attached hydrogen (secondary N) is 2. The first-order valence-corrected chi connectivity index (χ1v) is 5.72. The van der Waals surface area contributed by atoms with Crippen molar-refractivity contribution in [3.63, 3.8) is 0 Å². The molecule has 0 aliphatic heterocycles. The first-order valence-electron chi connectivity index (χ1n) is 5.72. The lowest BCUT2D eigenvalue weighted by Crippen LogP contribution is -2.52. The summed E-state index contributed by atoms with van der Waals surface area (Å²) in [5, 5.41) is 14.4. The van der Waals surface area contributed by atoms with Gasteiger partial charge in [-0.2, -0.15) is 0 Å². The number of furan rings is 1.